The van der Waals surface area contributed by atoms with E-state index in [-0.39, 0.29) is 5.60 Å². The van der Waals surface area contributed by atoms with Crippen LogP contribution in [-0.2, 0) is 11.3 Å². The monoisotopic (exact) mass is 328 g/mol. The van der Waals surface area contributed by atoms with Crippen LogP contribution in [0, 0.1) is 0 Å². The second-order valence-electron chi connectivity index (χ2n) is 8.15. The first kappa shape index (κ1) is 16.6. The van der Waals surface area contributed by atoms with Gasteiger partial charge in [-0.3, -0.25) is 4.90 Å². The lowest BCUT2D eigenvalue weighted by atomic mass is 9.88. The Morgan fingerprint density at radius 2 is 1.88 bits per heavy atom. The molecule has 0 radical (unpaired) electrons. The Morgan fingerprint density at radius 1 is 1.04 bits per heavy atom. The molecule has 2 unspecified atom stereocenters. The summed E-state index contributed by atoms with van der Waals surface area (Å²) in [6, 6.07) is 12.2. The second-order valence-corrected chi connectivity index (χ2v) is 8.15. The van der Waals surface area contributed by atoms with E-state index in [0.717, 1.165) is 13.2 Å². The van der Waals surface area contributed by atoms with Crippen molar-refractivity contribution in [1.82, 2.24) is 10.2 Å². The molecule has 4 rings (SSSR count). The van der Waals surface area contributed by atoms with E-state index >= 15 is 0 Å². The molecule has 3 nitrogen and oxygen atoms in total. The molecule has 0 aromatic heterocycles. The first-order chi connectivity index (χ1) is 11.8. The summed E-state index contributed by atoms with van der Waals surface area (Å²) in [6.45, 7) is 4.49. The van der Waals surface area contributed by atoms with Crippen LogP contribution in [0.3, 0.4) is 0 Å². The number of hydrogen-bond acceptors (Lipinski definition) is 3. The van der Waals surface area contributed by atoms with Crippen LogP contribution in [0.1, 0.15) is 56.9 Å². The third kappa shape index (κ3) is 4.01. The van der Waals surface area contributed by atoms with Crippen LogP contribution in [0.2, 0.25) is 0 Å². The van der Waals surface area contributed by atoms with Gasteiger partial charge in [-0.15, -0.1) is 0 Å². The summed E-state index contributed by atoms with van der Waals surface area (Å²) in [7, 11) is 0. The van der Waals surface area contributed by atoms with Crippen LogP contribution in [0.4, 0.5) is 0 Å². The highest BCUT2D eigenvalue weighted by Gasteiger charge is 2.40. The van der Waals surface area contributed by atoms with Crippen molar-refractivity contribution in [2.24, 2.45) is 0 Å². The Bertz CT molecular complexity index is 512. The zero-order valence-corrected chi connectivity index (χ0v) is 14.9. The summed E-state index contributed by atoms with van der Waals surface area (Å²) >= 11 is 0. The summed E-state index contributed by atoms with van der Waals surface area (Å²) in [6.07, 6.45) is 10.4. The van der Waals surface area contributed by atoms with Gasteiger partial charge < -0.3 is 10.1 Å². The van der Waals surface area contributed by atoms with Gasteiger partial charge in [0.25, 0.3) is 0 Å². The first-order valence-electron chi connectivity index (χ1n) is 9.98. The van der Waals surface area contributed by atoms with Crippen molar-refractivity contribution in [2.45, 2.75) is 75.6 Å². The number of piperidine rings is 1. The van der Waals surface area contributed by atoms with Crippen molar-refractivity contribution in [3.8, 4) is 0 Å². The summed E-state index contributed by atoms with van der Waals surface area (Å²) < 4.78 is 6.20. The second kappa shape index (κ2) is 7.55. The van der Waals surface area contributed by atoms with E-state index in [0.29, 0.717) is 12.1 Å². The topological polar surface area (TPSA) is 24.5 Å². The lowest BCUT2D eigenvalue weighted by Crippen LogP contribution is -2.53. The average molecular weight is 329 g/mol. The molecule has 3 heteroatoms. The quantitative estimate of drug-likeness (QED) is 0.911. The van der Waals surface area contributed by atoms with Crippen molar-refractivity contribution >= 4 is 0 Å². The summed E-state index contributed by atoms with van der Waals surface area (Å²) in [5, 5.41) is 4.00. The maximum Gasteiger partial charge on any atom is 0.0697 e. The molecule has 1 aliphatic carbocycles. The van der Waals surface area contributed by atoms with Gasteiger partial charge in [-0.05, 0) is 50.6 Å². The van der Waals surface area contributed by atoms with Gasteiger partial charge in [0.1, 0.15) is 0 Å². The van der Waals surface area contributed by atoms with Crippen molar-refractivity contribution in [3.63, 3.8) is 0 Å². The van der Waals surface area contributed by atoms with E-state index in [2.05, 4.69) is 40.5 Å². The predicted molar refractivity (Wildman–Crippen MR) is 98.0 cm³/mol. The lowest BCUT2D eigenvalue weighted by Gasteiger charge is -2.42. The summed E-state index contributed by atoms with van der Waals surface area (Å²) in [5.74, 6) is 0. The van der Waals surface area contributed by atoms with Gasteiger partial charge in [0.05, 0.1) is 5.60 Å². The molecule has 1 N–H and O–H groups in total. The normalized spacial score (nSPS) is 30.7. The number of likely N-dealkylation sites (tertiary alicyclic amines) is 1. The SMILES string of the molecule is c1ccc(CN2CCCC(NC3CCOC4(CCCC4)C3)C2)cc1. The zero-order valence-electron chi connectivity index (χ0n) is 14.9. The molecule has 0 bridgehead atoms. The molecular weight excluding hydrogens is 296 g/mol. The van der Waals surface area contributed by atoms with E-state index in [4.69, 9.17) is 4.74 Å². The first-order valence-corrected chi connectivity index (χ1v) is 9.98. The van der Waals surface area contributed by atoms with E-state index in [9.17, 15) is 0 Å². The molecule has 24 heavy (non-hydrogen) atoms. The molecule has 0 amide bonds. The predicted octanol–water partition coefficient (Wildman–Crippen LogP) is 3.73. The molecule has 1 spiro atoms. The highest BCUT2D eigenvalue weighted by Crippen LogP contribution is 2.40. The Kier molecular flexibility index (Phi) is 5.21. The van der Waals surface area contributed by atoms with Gasteiger partial charge >= 0.3 is 0 Å². The highest BCUT2D eigenvalue weighted by molar-refractivity contribution is 5.14. The number of ether oxygens (including phenoxy) is 1. The van der Waals surface area contributed by atoms with Gasteiger partial charge in [-0.25, -0.2) is 0 Å². The van der Waals surface area contributed by atoms with Crippen LogP contribution >= 0.6 is 0 Å². The Hall–Kier alpha value is -0.900. The van der Waals surface area contributed by atoms with Gasteiger partial charge in [-0.1, -0.05) is 43.2 Å². The van der Waals surface area contributed by atoms with E-state index in [1.54, 1.807) is 0 Å². The van der Waals surface area contributed by atoms with Gasteiger partial charge in [-0.2, -0.15) is 0 Å². The molecular formula is C21H32N2O. The van der Waals surface area contributed by atoms with Crippen LogP contribution in [0.5, 0.6) is 0 Å². The molecule has 1 aromatic rings. The fourth-order valence-corrected chi connectivity index (χ4v) is 5.05. The third-order valence-corrected chi connectivity index (χ3v) is 6.23. The standard InChI is InChI=1S/C21H32N2O/c1-2-7-18(8-3-1)16-23-13-6-9-20(17-23)22-19-10-14-24-21(15-19)11-4-5-12-21/h1-3,7-8,19-20,22H,4-6,9-17H2. The third-order valence-electron chi connectivity index (χ3n) is 6.23. The Balaban J connectivity index is 1.30. The molecule has 2 atom stereocenters. The smallest absolute Gasteiger partial charge is 0.0697 e. The molecule has 2 heterocycles. The van der Waals surface area contributed by atoms with Crippen LogP contribution in [-0.4, -0.2) is 42.3 Å². The minimum atomic E-state index is 0.230. The Labute approximate surface area is 146 Å². The zero-order chi connectivity index (χ0) is 16.2. The fourth-order valence-electron chi connectivity index (χ4n) is 5.05. The van der Waals surface area contributed by atoms with Crippen molar-refractivity contribution in [2.75, 3.05) is 19.7 Å². The van der Waals surface area contributed by atoms with Crippen molar-refractivity contribution in [1.29, 1.82) is 0 Å². The van der Waals surface area contributed by atoms with E-state index in [1.165, 1.54) is 70.0 Å². The number of nitrogens with one attached hydrogen (secondary N) is 1. The molecule has 2 aliphatic heterocycles. The van der Waals surface area contributed by atoms with Crippen LogP contribution in [0.15, 0.2) is 30.3 Å². The molecule has 2 saturated heterocycles. The van der Waals surface area contributed by atoms with Crippen LogP contribution < -0.4 is 5.32 Å². The fraction of sp³-hybridized carbons (Fsp3) is 0.714. The molecule has 3 fully saturated rings. The van der Waals surface area contributed by atoms with Gasteiger partial charge in [0.2, 0.25) is 0 Å². The van der Waals surface area contributed by atoms with Gasteiger partial charge in [0, 0.05) is 31.8 Å². The minimum Gasteiger partial charge on any atom is -0.375 e. The number of benzene rings is 1. The molecule has 1 saturated carbocycles. The molecule has 1 aromatic carbocycles. The number of nitrogens with zero attached hydrogens (tertiary/aromatic N) is 1. The van der Waals surface area contributed by atoms with Gasteiger partial charge in [0.15, 0.2) is 0 Å². The molecule has 3 aliphatic rings. The van der Waals surface area contributed by atoms with E-state index in [1.807, 2.05) is 0 Å². The number of rotatable bonds is 4. The minimum absolute atomic E-state index is 0.230. The average Bonchev–Trinajstić information content (AvgIpc) is 3.04. The Morgan fingerprint density at radius 3 is 2.71 bits per heavy atom. The van der Waals surface area contributed by atoms with Crippen molar-refractivity contribution in [3.05, 3.63) is 35.9 Å². The maximum atomic E-state index is 6.20. The largest absolute Gasteiger partial charge is 0.375 e. The highest BCUT2D eigenvalue weighted by atomic mass is 16.5. The van der Waals surface area contributed by atoms with Crippen LogP contribution in [0.25, 0.3) is 0 Å². The van der Waals surface area contributed by atoms with E-state index < -0.39 is 0 Å². The van der Waals surface area contributed by atoms with Crippen molar-refractivity contribution < 1.29 is 4.74 Å². The summed E-state index contributed by atoms with van der Waals surface area (Å²) in [4.78, 5) is 2.63. The maximum absolute atomic E-state index is 6.20. The lowest BCUT2D eigenvalue weighted by molar-refractivity contribution is -0.0855. The number of hydrogen-bond donors (Lipinski definition) is 1. The molecule has 132 valence electrons. The summed E-state index contributed by atoms with van der Waals surface area (Å²) in [5.41, 5.74) is 1.67.